The molecular formula is C11H14ClNOS. The van der Waals surface area contributed by atoms with Crippen LogP contribution in [0.4, 0.5) is 5.69 Å². The van der Waals surface area contributed by atoms with Gasteiger partial charge in [0.2, 0.25) is 5.91 Å². The van der Waals surface area contributed by atoms with Crippen LogP contribution in [0.25, 0.3) is 0 Å². The normalized spacial score (nSPS) is 10.1. The van der Waals surface area contributed by atoms with E-state index >= 15 is 0 Å². The van der Waals surface area contributed by atoms with Gasteiger partial charge < -0.3 is 5.32 Å². The second-order valence-corrected chi connectivity index (χ2v) is 4.65. The van der Waals surface area contributed by atoms with Gasteiger partial charge in [0.1, 0.15) is 0 Å². The summed E-state index contributed by atoms with van der Waals surface area (Å²) >= 11 is 7.61. The van der Waals surface area contributed by atoms with E-state index in [1.807, 2.05) is 25.3 Å². The predicted molar refractivity (Wildman–Crippen MR) is 67.8 cm³/mol. The Morgan fingerprint density at radius 2 is 2.27 bits per heavy atom. The Morgan fingerprint density at radius 3 is 2.87 bits per heavy atom. The Kier molecular flexibility index (Phi) is 4.99. The molecule has 1 aromatic rings. The quantitative estimate of drug-likeness (QED) is 0.879. The Hall–Kier alpha value is -0.670. The van der Waals surface area contributed by atoms with Gasteiger partial charge in [-0.1, -0.05) is 17.7 Å². The van der Waals surface area contributed by atoms with E-state index in [2.05, 4.69) is 5.32 Å². The maximum absolute atomic E-state index is 11.4. The van der Waals surface area contributed by atoms with Crippen molar-refractivity contribution >= 4 is 35.0 Å². The minimum absolute atomic E-state index is 0.0317. The molecule has 1 amide bonds. The maximum atomic E-state index is 11.4. The van der Waals surface area contributed by atoms with Crippen molar-refractivity contribution in [2.24, 2.45) is 0 Å². The molecule has 0 heterocycles. The van der Waals surface area contributed by atoms with Crippen LogP contribution in [0.15, 0.2) is 18.2 Å². The van der Waals surface area contributed by atoms with Gasteiger partial charge in [-0.25, -0.2) is 0 Å². The number of aryl methyl sites for hydroxylation is 1. The largest absolute Gasteiger partial charge is 0.326 e. The summed E-state index contributed by atoms with van der Waals surface area (Å²) in [6, 6.07) is 5.53. The van der Waals surface area contributed by atoms with Crippen LogP contribution in [0.1, 0.15) is 12.0 Å². The standard InChI is InChI=1S/C11H14ClNOS/c1-8-3-4-9(7-10(8)12)13-11(14)5-6-15-2/h3-4,7H,5-6H2,1-2H3,(H,13,14). The maximum Gasteiger partial charge on any atom is 0.225 e. The summed E-state index contributed by atoms with van der Waals surface area (Å²) in [5.41, 5.74) is 1.77. The number of carbonyl (C=O) groups excluding carboxylic acids is 1. The molecule has 1 rings (SSSR count). The minimum Gasteiger partial charge on any atom is -0.326 e. The van der Waals surface area contributed by atoms with Gasteiger partial charge in [-0.3, -0.25) is 4.79 Å². The molecule has 2 nitrogen and oxygen atoms in total. The first-order valence-corrected chi connectivity index (χ1v) is 6.45. The van der Waals surface area contributed by atoms with Crippen molar-refractivity contribution in [1.82, 2.24) is 0 Å². The number of halogens is 1. The molecule has 0 aliphatic rings. The molecule has 82 valence electrons. The Balaban J connectivity index is 2.57. The average molecular weight is 244 g/mol. The molecule has 0 aromatic heterocycles. The van der Waals surface area contributed by atoms with Gasteiger partial charge in [-0.15, -0.1) is 0 Å². The van der Waals surface area contributed by atoms with Gasteiger partial charge in [0.05, 0.1) is 0 Å². The summed E-state index contributed by atoms with van der Waals surface area (Å²) in [7, 11) is 0. The monoisotopic (exact) mass is 243 g/mol. The average Bonchev–Trinajstić information content (AvgIpc) is 2.20. The molecule has 0 spiro atoms. The van der Waals surface area contributed by atoms with Crippen molar-refractivity contribution in [2.75, 3.05) is 17.3 Å². The van der Waals surface area contributed by atoms with Crippen molar-refractivity contribution < 1.29 is 4.79 Å². The second-order valence-electron chi connectivity index (χ2n) is 3.25. The molecule has 1 N–H and O–H groups in total. The molecule has 0 radical (unpaired) electrons. The fourth-order valence-electron chi connectivity index (χ4n) is 1.09. The van der Waals surface area contributed by atoms with Crippen LogP contribution in [-0.2, 0) is 4.79 Å². The van der Waals surface area contributed by atoms with Gasteiger partial charge in [-0.2, -0.15) is 11.8 Å². The Morgan fingerprint density at radius 1 is 1.53 bits per heavy atom. The van der Waals surface area contributed by atoms with Crippen molar-refractivity contribution in [3.8, 4) is 0 Å². The first kappa shape index (κ1) is 12.4. The van der Waals surface area contributed by atoms with Gasteiger partial charge >= 0.3 is 0 Å². The number of anilines is 1. The lowest BCUT2D eigenvalue weighted by Crippen LogP contribution is -2.12. The van der Waals surface area contributed by atoms with Gasteiger partial charge in [-0.05, 0) is 30.9 Å². The van der Waals surface area contributed by atoms with Gasteiger partial charge in [0.15, 0.2) is 0 Å². The summed E-state index contributed by atoms with van der Waals surface area (Å²) in [6.45, 7) is 1.93. The topological polar surface area (TPSA) is 29.1 Å². The van der Waals surface area contributed by atoms with E-state index in [0.717, 1.165) is 17.0 Å². The first-order chi connectivity index (χ1) is 7.13. The highest BCUT2D eigenvalue weighted by Crippen LogP contribution is 2.20. The molecule has 0 unspecified atom stereocenters. The van der Waals surface area contributed by atoms with Crippen LogP contribution in [0.5, 0.6) is 0 Å². The molecule has 15 heavy (non-hydrogen) atoms. The number of carbonyl (C=O) groups is 1. The fourth-order valence-corrected chi connectivity index (χ4v) is 1.66. The SMILES string of the molecule is CSCCC(=O)Nc1ccc(C)c(Cl)c1. The summed E-state index contributed by atoms with van der Waals surface area (Å²) in [6.07, 6.45) is 2.52. The third-order valence-corrected chi connectivity index (χ3v) is 3.01. The van der Waals surface area contributed by atoms with Crippen LogP contribution < -0.4 is 5.32 Å². The van der Waals surface area contributed by atoms with Crippen molar-refractivity contribution in [2.45, 2.75) is 13.3 Å². The first-order valence-electron chi connectivity index (χ1n) is 4.68. The number of hydrogen-bond acceptors (Lipinski definition) is 2. The highest BCUT2D eigenvalue weighted by atomic mass is 35.5. The highest BCUT2D eigenvalue weighted by molar-refractivity contribution is 7.98. The van der Waals surface area contributed by atoms with Gasteiger partial charge in [0, 0.05) is 22.9 Å². The predicted octanol–water partition coefficient (Wildman–Crippen LogP) is 3.34. The third kappa shape index (κ3) is 4.14. The van der Waals surface area contributed by atoms with Crippen LogP contribution >= 0.6 is 23.4 Å². The molecule has 0 saturated heterocycles. The number of hydrogen-bond donors (Lipinski definition) is 1. The number of thioether (sulfide) groups is 1. The lowest BCUT2D eigenvalue weighted by molar-refractivity contribution is -0.115. The molecular weight excluding hydrogens is 230 g/mol. The third-order valence-electron chi connectivity index (χ3n) is 1.99. The van der Waals surface area contributed by atoms with Gasteiger partial charge in [0.25, 0.3) is 0 Å². The number of rotatable bonds is 4. The highest BCUT2D eigenvalue weighted by Gasteiger charge is 2.03. The molecule has 0 fully saturated rings. The number of benzene rings is 1. The van der Waals surface area contributed by atoms with E-state index in [-0.39, 0.29) is 5.91 Å². The lowest BCUT2D eigenvalue weighted by Gasteiger charge is -2.06. The molecule has 4 heteroatoms. The Labute approximate surface area is 99.4 Å². The molecule has 0 saturated carbocycles. The summed E-state index contributed by atoms with van der Waals surface area (Å²) < 4.78 is 0. The smallest absolute Gasteiger partial charge is 0.225 e. The minimum atomic E-state index is 0.0317. The van der Waals surface area contributed by atoms with E-state index in [1.54, 1.807) is 17.8 Å². The lowest BCUT2D eigenvalue weighted by atomic mass is 10.2. The fraction of sp³-hybridized carbons (Fsp3) is 0.364. The van der Waals surface area contributed by atoms with Crippen molar-refractivity contribution in [3.63, 3.8) is 0 Å². The molecule has 1 aromatic carbocycles. The van der Waals surface area contributed by atoms with E-state index in [0.29, 0.717) is 11.4 Å². The van der Waals surface area contributed by atoms with E-state index in [4.69, 9.17) is 11.6 Å². The molecule has 0 bridgehead atoms. The zero-order valence-corrected chi connectivity index (χ0v) is 10.4. The van der Waals surface area contributed by atoms with Crippen molar-refractivity contribution in [3.05, 3.63) is 28.8 Å². The Bertz CT molecular complexity index is 354. The molecule has 0 atom stereocenters. The number of nitrogens with one attached hydrogen (secondary N) is 1. The summed E-state index contributed by atoms with van der Waals surface area (Å²) in [5.74, 6) is 0.870. The van der Waals surface area contributed by atoms with E-state index in [1.165, 1.54) is 0 Å². The van der Waals surface area contributed by atoms with E-state index in [9.17, 15) is 4.79 Å². The van der Waals surface area contributed by atoms with Crippen LogP contribution in [-0.4, -0.2) is 17.9 Å². The summed E-state index contributed by atoms with van der Waals surface area (Å²) in [4.78, 5) is 11.4. The van der Waals surface area contributed by atoms with Crippen LogP contribution in [0, 0.1) is 6.92 Å². The second kappa shape index (κ2) is 6.03. The van der Waals surface area contributed by atoms with Crippen molar-refractivity contribution in [1.29, 1.82) is 0 Å². The molecule has 0 aliphatic carbocycles. The van der Waals surface area contributed by atoms with Crippen LogP contribution in [0.2, 0.25) is 5.02 Å². The molecule has 0 aliphatic heterocycles. The summed E-state index contributed by atoms with van der Waals surface area (Å²) in [5, 5.41) is 3.49. The van der Waals surface area contributed by atoms with E-state index < -0.39 is 0 Å². The number of amides is 1. The zero-order valence-electron chi connectivity index (χ0n) is 8.84. The zero-order chi connectivity index (χ0) is 11.3. The van der Waals surface area contributed by atoms with Crippen LogP contribution in [0.3, 0.4) is 0 Å².